The van der Waals surface area contributed by atoms with E-state index in [1.165, 1.54) is 0 Å². The summed E-state index contributed by atoms with van der Waals surface area (Å²) in [7, 11) is 0. The number of likely N-dealkylation sites (tertiary alicyclic amines) is 1. The zero-order valence-electron chi connectivity index (χ0n) is 13.5. The van der Waals surface area contributed by atoms with Gasteiger partial charge < -0.3 is 15.2 Å². The van der Waals surface area contributed by atoms with Gasteiger partial charge in [-0.3, -0.25) is 14.5 Å². The van der Waals surface area contributed by atoms with Gasteiger partial charge in [0.1, 0.15) is 11.8 Å². The second-order valence-electron chi connectivity index (χ2n) is 5.74. The maximum Gasteiger partial charge on any atom is 0.320 e. The predicted octanol–water partition coefficient (Wildman–Crippen LogP) is 1.64. The highest BCUT2D eigenvalue weighted by Gasteiger charge is 2.31. The van der Waals surface area contributed by atoms with Crippen LogP contribution in [0.3, 0.4) is 0 Å². The molecule has 0 aliphatic carbocycles. The molecule has 0 bridgehead atoms. The summed E-state index contributed by atoms with van der Waals surface area (Å²) in [5, 5.41) is 11.9. The van der Waals surface area contributed by atoms with E-state index < -0.39 is 12.0 Å². The summed E-state index contributed by atoms with van der Waals surface area (Å²) in [6, 6.07) is 7.08. The molecule has 1 aliphatic heterocycles. The van der Waals surface area contributed by atoms with Crippen LogP contribution in [0.2, 0.25) is 0 Å². The molecule has 1 heterocycles. The van der Waals surface area contributed by atoms with Crippen LogP contribution < -0.4 is 10.1 Å². The molecule has 2 N–H and O–H groups in total. The van der Waals surface area contributed by atoms with Crippen molar-refractivity contribution < 1.29 is 19.4 Å². The summed E-state index contributed by atoms with van der Waals surface area (Å²) >= 11 is 0. The average molecular weight is 320 g/mol. The SMILES string of the molecule is CCCOc1ccc(CNC(=O)CN2CCC[C@H]2C(=O)O)cc1. The highest BCUT2D eigenvalue weighted by molar-refractivity contribution is 5.80. The lowest BCUT2D eigenvalue weighted by atomic mass is 10.2. The molecule has 1 aliphatic rings. The van der Waals surface area contributed by atoms with Crippen molar-refractivity contribution >= 4 is 11.9 Å². The minimum Gasteiger partial charge on any atom is -0.494 e. The molecule has 1 aromatic rings. The minimum absolute atomic E-state index is 0.134. The van der Waals surface area contributed by atoms with Crippen molar-refractivity contribution in [3.05, 3.63) is 29.8 Å². The molecular formula is C17H24N2O4. The van der Waals surface area contributed by atoms with Gasteiger partial charge in [-0.2, -0.15) is 0 Å². The Hall–Kier alpha value is -2.08. The van der Waals surface area contributed by atoms with Crippen molar-refractivity contribution in [1.82, 2.24) is 10.2 Å². The lowest BCUT2D eigenvalue weighted by Crippen LogP contribution is -2.42. The topological polar surface area (TPSA) is 78.9 Å². The summed E-state index contributed by atoms with van der Waals surface area (Å²) in [5.74, 6) is -0.175. The van der Waals surface area contributed by atoms with Gasteiger partial charge in [0, 0.05) is 6.54 Å². The Labute approximate surface area is 136 Å². The van der Waals surface area contributed by atoms with Gasteiger partial charge in [-0.25, -0.2) is 0 Å². The quantitative estimate of drug-likeness (QED) is 0.761. The maximum absolute atomic E-state index is 12.0. The van der Waals surface area contributed by atoms with Crippen LogP contribution in [0.15, 0.2) is 24.3 Å². The fraction of sp³-hybridized carbons (Fsp3) is 0.529. The molecule has 1 saturated heterocycles. The van der Waals surface area contributed by atoms with E-state index in [9.17, 15) is 9.59 Å². The number of hydrogen-bond donors (Lipinski definition) is 2. The number of nitrogens with one attached hydrogen (secondary N) is 1. The van der Waals surface area contributed by atoms with Crippen LogP contribution in [0.5, 0.6) is 5.75 Å². The molecular weight excluding hydrogens is 296 g/mol. The van der Waals surface area contributed by atoms with Crippen molar-refractivity contribution in [1.29, 1.82) is 0 Å². The number of aliphatic carboxylic acids is 1. The normalized spacial score (nSPS) is 17.9. The Morgan fingerprint density at radius 1 is 1.35 bits per heavy atom. The first kappa shape index (κ1) is 17.3. The molecule has 0 saturated carbocycles. The second kappa shape index (κ2) is 8.53. The van der Waals surface area contributed by atoms with Gasteiger partial charge >= 0.3 is 5.97 Å². The highest BCUT2D eigenvalue weighted by atomic mass is 16.5. The third-order valence-corrected chi connectivity index (χ3v) is 3.88. The maximum atomic E-state index is 12.0. The molecule has 126 valence electrons. The molecule has 0 radical (unpaired) electrons. The second-order valence-corrected chi connectivity index (χ2v) is 5.74. The van der Waals surface area contributed by atoms with Crippen LogP contribution in [-0.4, -0.2) is 47.6 Å². The molecule has 0 spiro atoms. The number of carboxylic acid groups (broad SMARTS) is 1. The fourth-order valence-electron chi connectivity index (χ4n) is 2.66. The van der Waals surface area contributed by atoms with Gasteiger partial charge in [-0.1, -0.05) is 19.1 Å². The van der Waals surface area contributed by atoms with Crippen molar-refractivity contribution in [3.8, 4) is 5.75 Å². The Morgan fingerprint density at radius 3 is 2.74 bits per heavy atom. The highest BCUT2D eigenvalue weighted by Crippen LogP contribution is 2.16. The molecule has 23 heavy (non-hydrogen) atoms. The van der Waals surface area contributed by atoms with Crippen LogP contribution in [0.4, 0.5) is 0 Å². The van der Waals surface area contributed by atoms with E-state index >= 15 is 0 Å². The van der Waals surface area contributed by atoms with E-state index in [0.717, 1.165) is 24.2 Å². The lowest BCUT2D eigenvalue weighted by molar-refractivity contribution is -0.142. The number of carboxylic acids is 1. The van der Waals surface area contributed by atoms with Gasteiger partial charge in [-0.05, 0) is 43.5 Å². The molecule has 6 heteroatoms. The third-order valence-electron chi connectivity index (χ3n) is 3.88. The zero-order valence-corrected chi connectivity index (χ0v) is 13.5. The van der Waals surface area contributed by atoms with Crippen LogP contribution >= 0.6 is 0 Å². The smallest absolute Gasteiger partial charge is 0.320 e. The van der Waals surface area contributed by atoms with Crippen LogP contribution in [0.25, 0.3) is 0 Å². The van der Waals surface area contributed by atoms with E-state index in [1.807, 2.05) is 24.3 Å². The number of amides is 1. The lowest BCUT2D eigenvalue weighted by Gasteiger charge is -2.20. The van der Waals surface area contributed by atoms with Crippen molar-refractivity contribution in [3.63, 3.8) is 0 Å². The number of hydrogen-bond acceptors (Lipinski definition) is 4. The number of carbonyl (C=O) groups is 2. The summed E-state index contributed by atoms with van der Waals surface area (Å²) in [6.07, 6.45) is 2.40. The van der Waals surface area contributed by atoms with Crippen LogP contribution in [0.1, 0.15) is 31.7 Å². The Balaban J connectivity index is 1.76. The molecule has 1 aromatic carbocycles. The fourth-order valence-corrected chi connectivity index (χ4v) is 2.66. The van der Waals surface area contributed by atoms with Gasteiger partial charge in [0.05, 0.1) is 13.2 Å². The molecule has 0 unspecified atom stereocenters. The number of rotatable bonds is 8. The third kappa shape index (κ3) is 5.25. The molecule has 1 fully saturated rings. The van der Waals surface area contributed by atoms with Crippen LogP contribution in [-0.2, 0) is 16.1 Å². The molecule has 2 rings (SSSR count). The first-order valence-electron chi connectivity index (χ1n) is 8.05. The predicted molar refractivity (Wildman–Crippen MR) is 86.3 cm³/mol. The van der Waals surface area contributed by atoms with E-state index in [0.29, 0.717) is 26.1 Å². The Bertz CT molecular complexity index is 530. The summed E-state index contributed by atoms with van der Waals surface area (Å²) < 4.78 is 5.51. The average Bonchev–Trinajstić information content (AvgIpc) is 3.00. The van der Waals surface area contributed by atoms with E-state index in [4.69, 9.17) is 9.84 Å². The first-order valence-corrected chi connectivity index (χ1v) is 8.05. The van der Waals surface area contributed by atoms with E-state index in [-0.39, 0.29) is 12.5 Å². The molecule has 0 aromatic heterocycles. The molecule has 6 nitrogen and oxygen atoms in total. The Morgan fingerprint density at radius 2 is 2.09 bits per heavy atom. The monoisotopic (exact) mass is 320 g/mol. The van der Waals surface area contributed by atoms with Crippen molar-refractivity contribution in [2.24, 2.45) is 0 Å². The van der Waals surface area contributed by atoms with Gasteiger partial charge in [-0.15, -0.1) is 0 Å². The van der Waals surface area contributed by atoms with Gasteiger partial charge in [0.2, 0.25) is 5.91 Å². The minimum atomic E-state index is -0.849. The molecule has 1 amide bonds. The van der Waals surface area contributed by atoms with Crippen molar-refractivity contribution in [2.45, 2.75) is 38.8 Å². The van der Waals surface area contributed by atoms with Crippen LogP contribution in [0, 0.1) is 0 Å². The summed E-state index contributed by atoms with van der Waals surface area (Å²) in [5.41, 5.74) is 0.985. The largest absolute Gasteiger partial charge is 0.494 e. The standard InChI is InChI=1S/C17H24N2O4/c1-2-10-23-14-7-5-13(6-8-14)11-18-16(20)12-19-9-3-4-15(19)17(21)22/h5-8,15H,2-4,9-12H2,1H3,(H,18,20)(H,21,22)/t15-/m0/s1. The van der Waals surface area contributed by atoms with Gasteiger partial charge in [0.25, 0.3) is 0 Å². The van der Waals surface area contributed by atoms with E-state index in [2.05, 4.69) is 12.2 Å². The number of benzene rings is 1. The number of carbonyl (C=O) groups excluding carboxylic acids is 1. The zero-order chi connectivity index (χ0) is 16.7. The summed E-state index contributed by atoms with van der Waals surface area (Å²) in [4.78, 5) is 24.8. The first-order chi connectivity index (χ1) is 11.1. The number of nitrogens with zero attached hydrogens (tertiary/aromatic N) is 1. The van der Waals surface area contributed by atoms with Gasteiger partial charge in [0.15, 0.2) is 0 Å². The summed E-state index contributed by atoms with van der Waals surface area (Å²) in [6.45, 7) is 3.97. The number of ether oxygens (including phenoxy) is 1. The Kier molecular flexibility index (Phi) is 6.40. The molecule has 1 atom stereocenters. The van der Waals surface area contributed by atoms with E-state index in [1.54, 1.807) is 4.90 Å². The van der Waals surface area contributed by atoms with Crippen molar-refractivity contribution in [2.75, 3.05) is 19.7 Å².